The van der Waals surface area contributed by atoms with Crippen LogP contribution in [0.5, 0.6) is 0 Å². The number of nitrogens with one attached hydrogen (secondary N) is 1. The van der Waals surface area contributed by atoms with Gasteiger partial charge >= 0.3 is 6.03 Å². The first kappa shape index (κ1) is 13.9. The van der Waals surface area contributed by atoms with Gasteiger partial charge in [-0.3, -0.25) is 0 Å². The number of nitrogens with zero attached hydrogens (tertiary/aromatic N) is 1. The molecule has 1 N–H and O–H groups in total. The topological polar surface area (TPSA) is 41.6 Å². The molecule has 104 valence electrons. The molecule has 1 heterocycles. The summed E-state index contributed by atoms with van der Waals surface area (Å²) in [6.45, 7) is 8.05. The van der Waals surface area contributed by atoms with Crippen LogP contribution in [-0.2, 0) is 11.3 Å². The molecule has 0 aliphatic carbocycles. The highest BCUT2D eigenvalue weighted by molar-refractivity contribution is 5.75. The van der Waals surface area contributed by atoms with Crippen molar-refractivity contribution in [2.24, 2.45) is 0 Å². The predicted octanol–water partition coefficient (Wildman–Crippen LogP) is 2.31. The molecule has 19 heavy (non-hydrogen) atoms. The number of rotatable bonds is 4. The lowest BCUT2D eigenvalue weighted by Crippen LogP contribution is -2.58. The highest BCUT2D eigenvalue weighted by atomic mass is 16.5. The van der Waals surface area contributed by atoms with E-state index in [-0.39, 0.29) is 18.2 Å². The molecule has 0 atom stereocenters. The summed E-state index contributed by atoms with van der Waals surface area (Å²) in [5, 5.41) is 2.95. The Labute approximate surface area is 114 Å². The standard InChI is InChI=1S/C15H22N2O2/c1-11(2)19-14-9-17(10-14)15(18)16-8-13-7-5-4-6-12(13)3/h4-7,11,14H,8-10H2,1-3H3,(H,16,18). The molecule has 0 unspecified atom stereocenters. The lowest BCUT2D eigenvalue weighted by Gasteiger charge is -2.39. The molecule has 2 amide bonds. The van der Waals surface area contributed by atoms with Gasteiger partial charge in [0.15, 0.2) is 0 Å². The van der Waals surface area contributed by atoms with E-state index in [2.05, 4.69) is 18.3 Å². The molecular formula is C15H22N2O2. The summed E-state index contributed by atoms with van der Waals surface area (Å²) < 4.78 is 5.63. The van der Waals surface area contributed by atoms with Gasteiger partial charge in [0.25, 0.3) is 0 Å². The van der Waals surface area contributed by atoms with Crippen LogP contribution in [0.4, 0.5) is 4.79 Å². The van der Waals surface area contributed by atoms with Crippen LogP contribution in [0.1, 0.15) is 25.0 Å². The summed E-state index contributed by atoms with van der Waals surface area (Å²) in [5.74, 6) is 0. The largest absolute Gasteiger partial charge is 0.372 e. The van der Waals surface area contributed by atoms with Crippen molar-refractivity contribution < 1.29 is 9.53 Å². The fourth-order valence-electron chi connectivity index (χ4n) is 2.17. The monoisotopic (exact) mass is 262 g/mol. The van der Waals surface area contributed by atoms with Crippen LogP contribution >= 0.6 is 0 Å². The number of hydrogen-bond donors (Lipinski definition) is 1. The first-order chi connectivity index (χ1) is 9.06. The summed E-state index contributed by atoms with van der Waals surface area (Å²) in [4.78, 5) is 13.7. The molecule has 0 radical (unpaired) electrons. The van der Waals surface area contributed by atoms with Crippen molar-refractivity contribution in [1.82, 2.24) is 10.2 Å². The maximum atomic E-state index is 11.9. The smallest absolute Gasteiger partial charge is 0.317 e. The number of hydrogen-bond acceptors (Lipinski definition) is 2. The zero-order chi connectivity index (χ0) is 13.8. The van der Waals surface area contributed by atoms with E-state index >= 15 is 0 Å². The van der Waals surface area contributed by atoms with Crippen LogP contribution in [0.2, 0.25) is 0 Å². The molecule has 4 heteroatoms. The molecule has 4 nitrogen and oxygen atoms in total. The van der Waals surface area contributed by atoms with Gasteiger partial charge in [-0.1, -0.05) is 24.3 Å². The summed E-state index contributed by atoms with van der Waals surface area (Å²) in [7, 11) is 0. The van der Waals surface area contributed by atoms with Crippen molar-refractivity contribution >= 4 is 6.03 Å². The molecule has 1 saturated heterocycles. The lowest BCUT2D eigenvalue weighted by atomic mass is 10.1. The maximum Gasteiger partial charge on any atom is 0.317 e. The van der Waals surface area contributed by atoms with Crippen molar-refractivity contribution in [3.63, 3.8) is 0 Å². The Bertz CT molecular complexity index is 440. The molecule has 1 aliphatic rings. The molecule has 1 aromatic carbocycles. The average Bonchev–Trinajstić information content (AvgIpc) is 2.31. The number of carbonyl (C=O) groups excluding carboxylic acids is 1. The second-order valence-electron chi connectivity index (χ2n) is 5.30. The number of amides is 2. The zero-order valence-electron chi connectivity index (χ0n) is 11.8. The fraction of sp³-hybridized carbons (Fsp3) is 0.533. The molecule has 0 bridgehead atoms. The van der Waals surface area contributed by atoms with Crippen molar-refractivity contribution in [2.45, 2.75) is 39.5 Å². The predicted molar refractivity (Wildman–Crippen MR) is 75.0 cm³/mol. The summed E-state index contributed by atoms with van der Waals surface area (Å²) in [6.07, 6.45) is 0.423. The third kappa shape index (κ3) is 3.70. The molecule has 1 aliphatic heterocycles. The van der Waals surface area contributed by atoms with E-state index < -0.39 is 0 Å². The Kier molecular flexibility index (Phi) is 4.43. The van der Waals surface area contributed by atoms with Crippen LogP contribution in [0.3, 0.4) is 0 Å². The van der Waals surface area contributed by atoms with Crippen LogP contribution in [0, 0.1) is 6.92 Å². The van der Waals surface area contributed by atoms with E-state index in [1.807, 2.05) is 32.0 Å². The first-order valence-electron chi connectivity index (χ1n) is 6.79. The van der Waals surface area contributed by atoms with Gasteiger partial charge in [-0.2, -0.15) is 0 Å². The Morgan fingerprint density at radius 1 is 1.42 bits per heavy atom. The molecule has 1 aromatic rings. The minimum absolute atomic E-state index is 0.00754. The van der Waals surface area contributed by atoms with Gasteiger partial charge < -0.3 is 15.0 Å². The van der Waals surface area contributed by atoms with Crippen LogP contribution < -0.4 is 5.32 Å². The Morgan fingerprint density at radius 2 is 2.11 bits per heavy atom. The second kappa shape index (κ2) is 6.06. The molecule has 0 spiro atoms. The van der Waals surface area contributed by atoms with Gasteiger partial charge in [0.1, 0.15) is 0 Å². The number of urea groups is 1. The highest BCUT2D eigenvalue weighted by Crippen LogP contribution is 2.14. The zero-order valence-corrected chi connectivity index (χ0v) is 11.8. The minimum Gasteiger partial charge on any atom is -0.372 e. The third-order valence-corrected chi connectivity index (χ3v) is 3.29. The number of carbonyl (C=O) groups is 1. The minimum atomic E-state index is -0.00754. The van der Waals surface area contributed by atoms with Crippen LogP contribution in [-0.4, -0.2) is 36.2 Å². The third-order valence-electron chi connectivity index (χ3n) is 3.29. The van der Waals surface area contributed by atoms with E-state index in [0.717, 1.165) is 5.56 Å². The van der Waals surface area contributed by atoms with E-state index in [1.165, 1.54) is 5.56 Å². The number of ether oxygens (including phenoxy) is 1. The van der Waals surface area contributed by atoms with Crippen LogP contribution in [0.25, 0.3) is 0 Å². The van der Waals surface area contributed by atoms with Gasteiger partial charge in [0.2, 0.25) is 0 Å². The maximum absolute atomic E-state index is 11.9. The van der Waals surface area contributed by atoms with Crippen molar-refractivity contribution in [3.8, 4) is 0 Å². The van der Waals surface area contributed by atoms with E-state index in [0.29, 0.717) is 19.6 Å². The van der Waals surface area contributed by atoms with Gasteiger partial charge in [0, 0.05) is 6.54 Å². The molecule has 0 aromatic heterocycles. The van der Waals surface area contributed by atoms with E-state index in [9.17, 15) is 4.79 Å². The quantitative estimate of drug-likeness (QED) is 0.904. The highest BCUT2D eigenvalue weighted by Gasteiger charge is 2.31. The number of benzene rings is 1. The second-order valence-corrected chi connectivity index (χ2v) is 5.30. The normalized spacial score (nSPS) is 15.5. The lowest BCUT2D eigenvalue weighted by molar-refractivity contribution is -0.0641. The van der Waals surface area contributed by atoms with Crippen molar-refractivity contribution in [2.75, 3.05) is 13.1 Å². The average molecular weight is 262 g/mol. The Hall–Kier alpha value is -1.55. The van der Waals surface area contributed by atoms with Crippen LogP contribution in [0.15, 0.2) is 24.3 Å². The van der Waals surface area contributed by atoms with E-state index in [4.69, 9.17) is 4.74 Å². The van der Waals surface area contributed by atoms with Gasteiger partial charge in [-0.15, -0.1) is 0 Å². The van der Waals surface area contributed by atoms with Gasteiger partial charge in [-0.25, -0.2) is 4.79 Å². The molecule has 1 fully saturated rings. The summed E-state index contributed by atoms with van der Waals surface area (Å²) in [6, 6.07) is 8.08. The van der Waals surface area contributed by atoms with Gasteiger partial charge in [0.05, 0.1) is 25.3 Å². The number of aryl methyl sites for hydroxylation is 1. The fourth-order valence-corrected chi connectivity index (χ4v) is 2.17. The molecule has 2 rings (SSSR count). The van der Waals surface area contributed by atoms with Gasteiger partial charge in [-0.05, 0) is 31.9 Å². The Balaban J connectivity index is 1.73. The molecule has 0 saturated carbocycles. The SMILES string of the molecule is Cc1ccccc1CNC(=O)N1CC(OC(C)C)C1. The van der Waals surface area contributed by atoms with Crippen molar-refractivity contribution in [1.29, 1.82) is 0 Å². The van der Waals surface area contributed by atoms with E-state index in [1.54, 1.807) is 4.90 Å². The van der Waals surface area contributed by atoms with Crippen molar-refractivity contribution in [3.05, 3.63) is 35.4 Å². The summed E-state index contributed by atoms with van der Waals surface area (Å²) >= 11 is 0. The molecular weight excluding hydrogens is 240 g/mol. The first-order valence-corrected chi connectivity index (χ1v) is 6.79. The number of likely N-dealkylation sites (tertiary alicyclic amines) is 1. The Morgan fingerprint density at radius 3 is 2.74 bits per heavy atom. The summed E-state index contributed by atoms with van der Waals surface area (Å²) in [5.41, 5.74) is 2.36.